The van der Waals surface area contributed by atoms with Crippen molar-refractivity contribution in [2.45, 2.75) is 0 Å². The summed E-state index contributed by atoms with van der Waals surface area (Å²) >= 11 is 5.70. The van der Waals surface area contributed by atoms with Crippen molar-refractivity contribution in [1.29, 1.82) is 0 Å². The highest BCUT2D eigenvalue weighted by Gasteiger charge is 2.35. The minimum atomic E-state index is 0.692. The van der Waals surface area contributed by atoms with Crippen LogP contribution in [0.2, 0.25) is 0 Å². The molecule has 31 aromatic rings. The molecule has 8 aromatic heterocycles. The molecule has 0 radical (unpaired) electrons. The number of nitrogens with zero attached hydrogens (tertiary/aromatic N) is 8. The summed E-state index contributed by atoms with van der Waals surface area (Å²) in [5.41, 5.74) is 36.1. The predicted molar refractivity (Wildman–Crippen MR) is 624 cm³/mol. The Bertz CT molecular complexity index is 11100. The van der Waals surface area contributed by atoms with Crippen molar-refractivity contribution >= 4 is 231 Å². The summed E-state index contributed by atoms with van der Waals surface area (Å²) in [5.74, 6) is 1.54. The summed E-state index contributed by atoms with van der Waals surface area (Å²) in [5, 5.41) is 24.5. The average Bonchev–Trinajstić information content (AvgIpc) is 1.52. The zero-order chi connectivity index (χ0) is 95.9. The third kappa shape index (κ3) is 11.9. The first-order valence-corrected chi connectivity index (χ1v) is 52.5. The Kier molecular flexibility index (Phi) is 17.8. The molecule has 0 saturated carbocycles. The number of rotatable bonds is 9. The number of hydrogen-bond donors (Lipinski definition) is 0. The van der Waals surface area contributed by atoms with Gasteiger partial charge in [0.25, 0.3) is 0 Å². The molecule has 0 amide bonds. The monoisotopic (exact) mass is 1920 g/mol. The van der Waals surface area contributed by atoms with Gasteiger partial charge in [-0.15, -0.1) is 34.0 Å². The van der Waals surface area contributed by atoms with Crippen LogP contribution in [0.3, 0.4) is 0 Å². The Balaban J connectivity index is 0.0000000985. The zero-order valence-electron chi connectivity index (χ0n) is 78.8. The highest BCUT2D eigenvalue weighted by Crippen LogP contribution is 2.60. The molecule has 0 atom stereocenters. The number of thiophene rings is 3. The van der Waals surface area contributed by atoms with Gasteiger partial charge in [-0.2, -0.15) is 0 Å². The van der Waals surface area contributed by atoms with Crippen molar-refractivity contribution in [2.24, 2.45) is 0 Å². The van der Waals surface area contributed by atoms with E-state index in [0.29, 0.717) is 5.95 Å². The van der Waals surface area contributed by atoms with Gasteiger partial charge in [-0.3, -0.25) is 9.13 Å². The highest BCUT2D eigenvalue weighted by atomic mass is 32.1. The molecular weight excluding hydrogens is 1840 g/mol. The van der Waals surface area contributed by atoms with E-state index in [1.54, 1.807) is 0 Å². The molecule has 0 spiro atoms. The van der Waals surface area contributed by atoms with Crippen LogP contribution in [-0.2, 0) is 0 Å². The van der Waals surface area contributed by atoms with E-state index in [1.165, 1.54) is 231 Å². The second-order valence-corrected chi connectivity index (χ2v) is 41.8. The van der Waals surface area contributed by atoms with Gasteiger partial charge in [0.15, 0.2) is 5.82 Å². The molecule has 0 N–H and O–H groups in total. The molecule has 0 bridgehead atoms. The van der Waals surface area contributed by atoms with Crippen LogP contribution in [0.4, 0.5) is 17.1 Å². The van der Waals surface area contributed by atoms with Crippen molar-refractivity contribution < 1.29 is 0 Å². The lowest BCUT2D eigenvalue weighted by atomic mass is 9.93. The standard InChI is InChI=1S/C52H32N2S.2C42H23N3S/c1-3-13-35(14-4-1)53(36-15-5-2-6-16-36)37-29-25-33(26-30-37)34-27-31-38(32-28-34)54-45-23-12-21-42-40-18-8-7-17-39(40)41-20-11-22-44-47(41)50(48(42)45)51(54)49-43-19-9-10-24-46(43)55-52(44)49;1-2-12-24(13-3-1)39-42(44-32-21-8-7-20-31(32)43-39)45-33-22-11-18-28-26-15-5-4-14-25(26)27-17-10-19-30-35(27)38(36(28)33)40(45)37-29-16-6-9-23-34(29)46-41(30)37;1-2-12-24(13-3-1)39-29-16-6-8-21-32(29)43-42(44-39)45-33-22-11-19-28-26-15-5-4-14-25(26)27-18-10-20-31-35(27)38(36(28)33)40(45)37-30-17-7-9-23-34(30)46-41(31)37/h1-32H;2*1-23H. The van der Waals surface area contributed by atoms with Crippen LogP contribution in [0.25, 0.3) is 298 Å². The Hall–Kier alpha value is -18.6. The molecule has 147 heavy (non-hydrogen) atoms. The van der Waals surface area contributed by atoms with Gasteiger partial charge in [-0.25, -0.2) is 19.9 Å². The van der Waals surface area contributed by atoms with Crippen LogP contribution >= 0.6 is 34.0 Å². The van der Waals surface area contributed by atoms with Crippen LogP contribution in [0.1, 0.15) is 0 Å². The molecule has 11 heteroatoms. The quantitative estimate of drug-likeness (QED) is 0.144. The van der Waals surface area contributed by atoms with Gasteiger partial charge in [-0.05, 0) is 181 Å². The fourth-order valence-corrected chi connectivity index (χ4v) is 28.6. The summed E-state index contributed by atoms with van der Waals surface area (Å²) < 4.78 is 15.2. The molecule has 23 aromatic carbocycles. The minimum absolute atomic E-state index is 0.692. The molecule has 0 aliphatic heterocycles. The van der Waals surface area contributed by atoms with Gasteiger partial charge < -0.3 is 9.47 Å². The molecular formula is C136H78N8S3. The zero-order valence-corrected chi connectivity index (χ0v) is 81.3. The third-order valence-electron chi connectivity index (χ3n) is 30.9. The van der Waals surface area contributed by atoms with E-state index in [9.17, 15) is 0 Å². The Labute approximate surface area is 854 Å². The molecule has 3 aliphatic carbocycles. The van der Waals surface area contributed by atoms with Gasteiger partial charge in [0.2, 0.25) is 5.95 Å². The lowest BCUT2D eigenvalue weighted by Gasteiger charge is -2.25. The van der Waals surface area contributed by atoms with E-state index in [4.69, 9.17) is 19.9 Å². The second-order valence-electron chi connectivity index (χ2n) is 38.6. The maximum atomic E-state index is 5.46. The summed E-state index contributed by atoms with van der Waals surface area (Å²) in [7, 11) is 0. The van der Waals surface area contributed by atoms with E-state index in [-0.39, 0.29) is 0 Å². The van der Waals surface area contributed by atoms with Crippen molar-refractivity contribution in [3.63, 3.8) is 0 Å². The Morgan fingerprint density at radius 2 is 0.483 bits per heavy atom. The fraction of sp³-hybridized carbons (Fsp3) is 0. The maximum absolute atomic E-state index is 5.46. The number of para-hydroxylation sites is 5. The number of benzene rings is 23. The molecule has 0 saturated heterocycles. The van der Waals surface area contributed by atoms with Crippen molar-refractivity contribution in [2.75, 3.05) is 4.90 Å². The molecule has 3 aliphatic rings. The first kappa shape index (κ1) is 82.0. The first-order chi connectivity index (χ1) is 73.0. The van der Waals surface area contributed by atoms with E-state index < -0.39 is 0 Å². The van der Waals surface area contributed by atoms with Gasteiger partial charge in [0.1, 0.15) is 5.69 Å². The predicted octanol–water partition coefficient (Wildman–Crippen LogP) is 38.2. The molecule has 8 nitrogen and oxygen atoms in total. The number of aromatic nitrogens is 7. The maximum Gasteiger partial charge on any atom is 0.235 e. The van der Waals surface area contributed by atoms with Gasteiger partial charge in [-0.1, -0.05) is 370 Å². The third-order valence-corrected chi connectivity index (χ3v) is 34.6. The summed E-state index contributed by atoms with van der Waals surface area (Å²) in [4.78, 5) is 23.8. The fourth-order valence-electron chi connectivity index (χ4n) is 24.9. The number of fused-ring (bicyclic) bond motifs is 26. The molecule has 680 valence electrons. The smallest absolute Gasteiger partial charge is 0.235 e. The molecule has 0 fully saturated rings. The van der Waals surface area contributed by atoms with Crippen molar-refractivity contribution in [1.82, 2.24) is 33.6 Å². The molecule has 34 rings (SSSR count). The van der Waals surface area contributed by atoms with Crippen molar-refractivity contribution in [3.8, 4) is 118 Å². The molecule has 0 unspecified atom stereocenters. The van der Waals surface area contributed by atoms with Gasteiger partial charge >= 0.3 is 0 Å². The van der Waals surface area contributed by atoms with Crippen LogP contribution in [-0.4, -0.2) is 33.6 Å². The lowest BCUT2D eigenvalue weighted by Crippen LogP contribution is -2.09. The first-order valence-electron chi connectivity index (χ1n) is 50.1. The van der Waals surface area contributed by atoms with Crippen LogP contribution < -0.4 is 4.90 Å². The number of hydrogen-bond acceptors (Lipinski definition) is 8. The van der Waals surface area contributed by atoms with Crippen LogP contribution in [0, 0.1) is 0 Å². The second kappa shape index (κ2) is 31.9. The Morgan fingerprint density at radius 3 is 0.918 bits per heavy atom. The van der Waals surface area contributed by atoms with E-state index >= 15 is 0 Å². The highest BCUT2D eigenvalue weighted by molar-refractivity contribution is 7.28. The van der Waals surface area contributed by atoms with Gasteiger partial charge in [0, 0.05) is 164 Å². The van der Waals surface area contributed by atoms with E-state index in [2.05, 4.69) is 480 Å². The average molecular weight is 1920 g/mol. The van der Waals surface area contributed by atoms with Crippen molar-refractivity contribution in [3.05, 3.63) is 473 Å². The number of anilines is 3. The lowest BCUT2D eigenvalue weighted by molar-refractivity contribution is 1.02. The summed E-state index contributed by atoms with van der Waals surface area (Å²) in [6.07, 6.45) is 0. The van der Waals surface area contributed by atoms with Crippen LogP contribution in [0.15, 0.2) is 473 Å². The largest absolute Gasteiger partial charge is 0.311 e. The summed E-state index contributed by atoms with van der Waals surface area (Å²) in [6.45, 7) is 0. The van der Waals surface area contributed by atoms with Crippen LogP contribution in [0.5, 0.6) is 0 Å². The topological polar surface area (TPSA) is 69.6 Å². The van der Waals surface area contributed by atoms with Gasteiger partial charge in [0.05, 0.1) is 55.3 Å². The minimum Gasteiger partial charge on any atom is -0.311 e. The Morgan fingerprint density at radius 1 is 0.177 bits per heavy atom. The van der Waals surface area contributed by atoms with E-state index in [0.717, 1.165) is 78.4 Å². The molecule has 8 heterocycles. The summed E-state index contributed by atoms with van der Waals surface area (Å²) in [6, 6.07) is 171. The normalized spacial score (nSPS) is 12.2. The van der Waals surface area contributed by atoms with E-state index in [1.807, 2.05) is 46.1 Å². The SMILES string of the molecule is c1ccc(-c2nc(-n3c4cccc5c4c4c6c(cccc6c6sc7ccccc7c6c43)-c3ccccc3-5)nc3ccccc23)cc1.c1ccc(-c2nc3ccccc3nc2-n2c3cccc4c3c3c5c(cccc5c5sc6ccccc6c5c32)-c2ccccc2-4)cc1.c1ccc(N(c2ccccc2)c2ccc(-c3ccc(-n4c5cccc6c5c5c7c(cccc7c7sc8ccccc8c7c54)-c4ccccc4-6)cc3)cc2)cc1.